The normalized spacial score (nSPS) is 27.7. The summed E-state index contributed by atoms with van der Waals surface area (Å²) in [4.78, 5) is 0. The van der Waals surface area contributed by atoms with Crippen molar-refractivity contribution in [1.82, 2.24) is 0 Å². The summed E-state index contributed by atoms with van der Waals surface area (Å²) in [6.07, 6.45) is 9.40. The highest BCUT2D eigenvalue weighted by Gasteiger charge is 2.37. The highest BCUT2D eigenvalue weighted by Crippen LogP contribution is 2.33. The first kappa shape index (κ1) is 21.2. The maximum Gasteiger partial charge on any atom is 0.160 e. The van der Waals surface area contributed by atoms with Gasteiger partial charge in [0.2, 0.25) is 0 Å². The predicted octanol–water partition coefficient (Wildman–Crippen LogP) is 3.50. The summed E-state index contributed by atoms with van der Waals surface area (Å²) in [5.41, 5.74) is -0.159. The van der Waals surface area contributed by atoms with E-state index in [1.54, 1.807) is 0 Å². The Labute approximate surface area is 163 Å². The molecule has 0 bridgehead atoms. The van der Waals surface area contributed by atoms with Crippen LogP contribution in [0.5, 0.6) is 0 Å². The quantitative estimate of drug-likeness (QED) is 0.448. The lowest BCUT2D eigenvalue weighted by molar-refractivity contribution is -0.249. The summed E-state index contributed by atoms with van der Waals surface area (Å²) in [5.74, 6) is 0.383. The number of rotatable bonds is 9. The van der Waals surface area contributed by atoms with Crippen molar-refractivity contribution in [3.63, 3.8) is 0 Å². The summed E-state index contributed by atoms with van der Waals surface area (Å²) >= 11 is 0. The maximum absolute atomic E-state index is 6.40. The fraction of sp³-hybridized carbons (Fsp3) is 0.905. The molecule has 2 saturated heterocycles. The van der Waals surface area contributed by atoms with Gasteiger partial charge in [-0.05, 0) is 32.1 Å². The van der Waals surface area contributed by atoms with E-state index < -0.39 is 0 Å². The SMILES string of the molecule is CCC1(COC(OCC2(CC)COCOC2)C2CC=CCC2)COCOC1. The van der Waals surface area contributed by atoms with Crippen LogP contribution < -0.4 is 0 Å². The summed E-state index contributed by atoms with van der Waals surface area (Å²) in [6.45, 7) is 9.03. The predicted molar refractivity (Wildman–Crippen MR) is 101 cm³/mol. The third-order valence-electron chi connectivity index (χ3n) is 6.27. The molecular formula is C21H36O6. The van der Waals surface area contributed by atoms with Crippen LogP contribution >= 0.6 is 0 Å². The van der Waals surface area contributed by atoms with Crippen LogP contribution in [-0.4, -0.2) is 59.5 Å². The van der Waals surface area contributed by atoms with E-state index in [2.05, 4.69) is 26.0 Å². The molecule has 2 aliphatic heterocycles. The molecule has 3 aliphatic rings. The fourth-order valence-electron chi connectivity index (χ4n) is 3.92. The summed E-state index contributed by atoms with van der Waals surface area (Å²) in [6, 6.07) is 0. The van der Waals surface area contributed by atoms with Gasteiger partial charge in [-0.3, -0.25) is 0 Å². The van der Waals surface area contributed by atoms with Gasteiger partial charge in [-0.15, -0.1) is 0 Å². The van der Waals surface area contributed by atoms with Gasteiger partial charge >= 0.3 is 0 Å². The lowest BCUT2D eigenvalue weighted by atomic mass is 9.87. The van der Waals surface area contributed by atoms with Gasteiger partial charge in [-0.2, -0.15) is 0 Å². The molecule has 3 rings (SSSR count). The van der Waals surface area contributed by atoms with Crippen molar-refractivity contribution in [3.8, 4) is 0 Å². The number of hydrogen-bond acceptors (Lipinski definition) is 6. The van der Waals surface area contributed by atoms with Crippen LogP contribution in [0.4, 0.5) is 0 Å². The van der Waals surface area contributed by atoms with E-state index in [9.17, 15) is 0 Å². The van der Waals surface area contributed by atoms with E-state index in [1.807, 2.05) is 0 Å². The lowest BCUT2D eigenvalue weighted by Gasteiger charge is -2.40. The second-order valence-electron chi connectivity index (χ2n) is 8.37. The van der Waals surface area contributed by atoms with Gasteiger partial charge in [0, 0.05) is 16.7 Å². The first-order valence-electron chi connectivity index (χ1n) is 10.4. The van der Waals surface area contributed by atoms with Crippen molar-refractivity contribution < 1.29 is 28.4 Å². The Morgan fingerprint density at radius 3 is 1.78 bits per heavy atom. The van der Waals surface area contributed by atoms with Gasteiger partial charge in [-0.25, -0.2) is 0 Å². The van der Waals surface area contributed by atoms with E-state index >= 15 is 0 Å². The first-order chi connectivity index (χ1) is 13.2. The van der Waals surface area contributed by atoms with E-state index in [0.29, 0.717) is 59.1 Å². The molecule has 0 spiro atoms. The molecule has 0 saturated carbocycles. The number of hydrogen-bond donors (Lipinski definition) is 0. The third kappa shape index (κ3) is 5.75. The molecule has 6 nitrogen and oxygen atoms in total. The van der Waals surface area contributed by atoms with Crippen LogP contribution in [0.3, 0.4) is 0 Å². The average Bonchev–Trinajstić information content (AvgIpc) is 2.75. The molecular weight excluding hydrogens is 348 g/mol. The molecule has 1 atom stereocenters. The molecule has 0 aromatic rings. The van der Waals surface area contributed by atoms with Crippen LogP contribution in [0.1, 0.15) is 46.0 Å². The van der Waals surface area contributed by atoms with Crippen molar-refractivity contribution in [2.45, 2.75) is 52.2 Å². The molecule has 0 radical (unpaired) electrons. The standard InChI is InChI=1S/C21H36O6/c1-3-20(10-22-16-23-11-20)14-26-19(18-8-6-5-7-9-18)27-15-21(4-2)12-24-17-25-13-21/h5-6,18-19H,3-4,7-17H2,1-2H3. The zero-order valence-corrected chi connectivity index (χ0v) is 17.0. The topological polar surface area (TPSA) is 55.4 Å². The van der Waals surface area contributed by atoms with Crippen molar-refractivity contribution in [2.75, 3.05) is 53.2 Å². The van der Waals surface area contributed by atoms with Crippen LogP contribution in [0.2, 0.25) is 0 Å². The molecule has 0 amide bonds. The largest absolute Gasteiger partial charge is 0.355 e. The van der Waals surface area contributed by atoms with Crippen molar-refractivity contribution >= 4 is 0 Å². The monoisotopic (exact) mass is 384 g/mol. The van der Waals surface area contributed by atoms with Gasteiger partial charge in [-0.1, -0.05) is 26.0 Å². The Kier molecular flexibility index (Phi) is 8.11. The summed E-state index contributed by atoms with van der Waals surface area (Å²) < 4.78 is 35.0. The van der Waals surface area contributed by atoms with E-state index in [-0.39, 0.29) is 17.1 Å². The van der Waals surface area contributed by atoms with Gasteiger partial charge in [0.05, 0.1) is 39.6 Å². The highest BCUT2D eigenvalue weighted by atomic mass is 16.7. The molecule has 27 heavy (non-hydrogen) atoms. The molecule has 6 heteroatoms. The molecule has 0 aromatic carbocycles. The highest BCUT2D eigenvalue weighted by molar-refractivity contribution is 4.92. The van der Waals surface area contributed by atoms with Gasteiger partial charge in [0.25, 0.3) is 0 Å². The number of allylic oxidation sites excluding steroid dienone is 2. The maximum atomic E-state index is 6.40. The van der Waals surface area contributed by atoms with E-state index in [4.69, 9.17) is 28.4 Å². The molecule has 2 heterocycles. The van der Waals surface area contributed by atoms with Crippen molar-refractivity contribution in [3.05, 3.63) is 12.2 Å². The molecule has 0 aromatic heterocycles. The third-order valence-corrected chi connectivity index (χ3v) is 6.27. The zero-order valence-electron chi connectivity index (χ0n) is 17.0. The van der Waals surface area contributed by atoms with E-state index in [1.165, 1.54) is 0 Å². The van der Waals surface area contributed by atoms with Crippen molar-refractivity contribution in [1.29, 1.82) is 0 Å². The minimum absolute atomic E-state index is 0.0795. The Morgan fingerprint density at radius 2 is 1.37 bits per heavy atom. The van der Waals surface area contributed by atoms with Gasteiger partial charge in [0.15, 0.2) is 6.29 Å². The Hall–Kier alpha value is -0.500. The van der Waals surface area contributed by atoms with Crippen LogP contribution in [0.25, 0.3) is 0 Å². The van der Waals surface area contributed by atoms with Gasteiger partial charge < -0.3 is 28.4 Å². The van der Waals surface area contributed by atoms with Crippen LogP contribution in [0.15, 0.2) is 12.2 Å². The Morgan fingerprint density at radius 1 is 0.852 bits per heavy atom. The zero-order chi connectivity index (χ0) is 19.0. The second kappa shape index (κ2) is 10.3. The fourth-order valence-corrected chi connectivity index (χ4v) is 3.92. The Balaban J connectivity index is 1.60. The molecule has 0 N–H and O–H groups in total. The first-order valence-corrected chi connectivity index (χ1v) is 10.4. The summed E-state index contributed by atoms with van der Waals surface area (Å²) in [7, 11) is 0. The Bertz CT molecular complexity index is 424. The molecule has 1 unspecified atom stereocenters. The summed E-state index contributed by atoms with van der Waals surface area (Å²) in [5, 5.41) is 0. The lowest BCUT2D eigenvalue weighted by Crippen LogP contribution is -2.45. The van der Waals surface area contributed by atoms with Crippen molar-refractivity contribution in [2.24, 2.45) is 16.7 Å². The minimum Gasteiger partial charge on any atom is -0.355 e. The molecule has 156 valence electrons. The molecule has 2 fully saturated rings. The smallest absolute Gasteiger partial charge is 0.160 e. The molecule has 1 aliphatic carbocycles. The van der Waals surface area contributed by atoms with Crippen LogP contribution in [-0.2, 0) is 28.4 Å². The van der Waals surface area contributed by atoms with Gasteiger partial charge in [0.1, 0.15) is 13.6 Å². The van der Waals surface area contributed by atoms with Crippen LogP contribution in [0, 0.1) is 16.7 Å². The average molecular weight is 385 g/mol. The van der Waals surface area contributed by atoms with E-state index in [0.717, 1.165) is 32.1 Å². The minimum atomic E-state index is -0.217. The number of ether oxygens (including phenoxy) is 6. The second-order valence-corrected chi connectivity index (χ2v) is 8.37.